The van der Waals surface area contributed by atoms with Crippen molar-refractivity contribution in [2.24, 2.45) is 0 Å². The number of amides is 1. The Balaban J connectivity index is 1.66. The van der Waals surface area contributed by atoms with Crippen LogP contribution in [0.15, 0.2) is 29.1 Å². The Morgan fingerprint density at radius 3 is 2.87 bits per heavy atom. The van der Waals surface area contributed by atoms with Crippen LogP contribution in [0.1, 0.15) is 5.82 Å². The molecule has 1 amide bonds. The predicted molar refractivity (Wildman–Crippen MR) is 86.1 cm³/mol. The number of hydrogen-bond acceptors (Lipinski definition) is 5. The number of aromatic nitrogens is 2. The number of carbonyl (C=O) groups is 1. The molecule has 1 fully saturated rings. The van der Waals surface area contributed by atoms with Crippen LogP contribution >= 0.6 is 0 Å². The number of benzene rings is 1. The normalized spacial score (nSPS) is 15.3. The van der Waals surface area contributed by atoms with Crippen LogP contribution in [0.2, 0.25) is 0 Å². The zero-order chi connectivity index (χ0) is 16.2. The molecule has 122 valence electrons. The van der Waals surface area contributed by atoms with Gasteiger partial charge in [0.15, 0.2) is 0 Å². The zero-order valence-corrected chi connectivity index (χ0v) is 13.1. The molecule has 0 saturated carbocycles. The van der Waals surface area contributed by atoms with Gasteiger partial charge in [-0.05, 0) is 19.2 Å². The molecule has 1 aliphatic heterocycles. The monoisotopic (exact) mass is 316 g/mol. The highest BCUT2D eigenvalue weighted by molar-refractivity contribution is 5.78. The van der Waals surface area contributed by atoms with Gasteiger partial charge in [-0.2, -0.15) is 0 Å². The average Bonchev–Trinajstić information content (AvgIpc) is 2.55. The van der Waals surface area contributed by atoms with Gasteiger partial charge in [0.1, 0.15) is 5.82 Å². The summed E-state index contributed by atoms with van der Waals surface area (Å²) in [5, 5.41) is 0.572. The minimum absolute atomic E-state index is 0.0685. The molecule has 23 heavy (non-hydrogen) atoms. The number of rotatable bonds is 4. The van der Waals surface area contributed by atoms with Crippen LogP contribution in [0, 0.1) is 0 Å². The van der Waals surface area contributed by atoms with Crippen molar-refractivity contribution in [2.75, 3.05) is 39.9 Å². The second kappa shape index (κ2) is 6.89. The third-order valence-corrected chi connectivity index (χ3v) is 3.85. The molecule has 0 unspecified atom stereocenters. The topological polar surface area (TPSA) is 78.5 Å². The Morgan fingerprint density at radius 1 is 1.35 bits per heavy atom. The maximum atomic E-state index is 12.2. The van der Waals surface area contributed by atoms with Gasteiger partial charge in [-0.1, -0.05) is 12.1 Å². The molecule has 0 atom stereocenters. The van der Waals surface area contributed by atoms with E-state index in [2.05, 4.69) is 9.97 Å². The third-order valence-electron chi connectivity index (χ3n) is 3.85. The molecule has 7 nitrogen and oxygen atoms in total. The Labute approximate surface area is 133 Å². The number of para-hydroxylation sites is 1. The minimum Gasteiger partial charge on any atom is -0.378 e. The first-order valence-corrected chi connectivity index (χ1v) is 7.65. The fraction of sp³-hybridized carbons (Fsp3) is 0.438. The molecule has 0 radical (unpaired) electrons. The van der Waals surface area contributed by atoms with Gasteiger partial charge in [0.25, 0.3) is 5.56 Å². The fourth-order valence-electron chi connectivity index (χ4n) is 2.66. The Hall–Kier alpha value is -2.25. The number of hydrogen-bond donors (Lipinski definition) is 1. The number of nitrogens with one attached hydrogen (secondary N) is 1. The van der Waals surface area contributed by atoms with Crippen molar-refractivity contribution in [3.63, 3.8) is 0 Å². The number of ether oxygens (including phenoxy) is 1. The fourth-order valence-corrected chi connectivity index (χ4v) is 2.66. The maximum absolute atomic E-state index is 12.2. The van der Waals surface area contributed by atoms with E-state index in [-0.39, 0.29) is 18.0 Å². The molecule has 7 heteroatoms. The smallest absolute Gasteiger partial charge is 0.258 e. The number of H-pyrrole nitrogens is 1. The number of aromatic amines is 1. The summed E-state index contributed by atoms with van der Waals surface area (Å²) in [4.78, 5) is 35.2. The second-order valence-corrected chi connectivity index (χ2v) is 5.70. The van der Waals surface area contributed by atoms with Crippen LogP contribution in [0.3, 0.4) is 0 Å². The second-order valence-electron chi connectivity index (χ2n) is 5.70. The molecule has 2 aromatic rings. The van der Waals surface area contributed by atoms with Crippen LogP contribution in [-0.2, 0) is 16.1 Å². The summed E-state index contributed by atoms with van der Waals surface area (Å²) in [6.45, 7) is 3.16. The van der Waals surface area contributed by atoms with Gasteiger partial charge < -0.3 is 14.6 Å². The predicted octanol–water partition coefficient (Wildman–Crippen LogP) is 0.214. The molecule has 1 aromatic carbocycles. The van der Waals surface area contributed by atoms with E-state index < -0.39 is 0 Å². The molecule has 0 aliphatic carbocycles. The number of likely N-dealkylation sites (N-methyl/N-ethyl adjacent to an activating group) is 1. The van der Waals surface area contributed by atoms with Gasteiger partial charge >= 0.3 is 0 Å². The van der Waals surface area contributed by atoms with Crippen molar-refractivity contribution >= 4 is 16.8 Å². The average molecular weight is 316 g/mol. The highest BCUT2D eigenvalue weighted by atomic mass is 16.5. The first-order valence-electron chi connectivity index (χ1n) is 7.65. The van der Waals surface area contributed by atoms with E-state index in [9.17, 15) is 9.59 Å². The van der Waals surface area contributed by atoms with Gasteiger partial charge in [-0.25, -0.2) is 4.98 Å². The summed E-state index contributed by atoms with van der Waals surface area (Å²) in [6, 6.07) is 7.22. The lowest BCUT2D eigenvalue weighted by molar-refractivity contribution is -0.136. The van der Waals surface area contributed by atoms with Gasteiger partial charge in [-0.3, -0.25) is 14.5 Å². The van der Waals surface area contributed by atoms with Crippen molar-refractivity contribution in [2.45, 2.75) is 6.54 Å². The van der Waals surface area contributed by atoms with Crippen molar-refractivity contribution in [3.05, 3.63) is 40.4 Å². The van der Waals surface area contributed by atoms with E-state index in [1.54, 1.807) is 11.0 Å². The first-order chi connectivity index (χ1) is 11.1. The lowest BCUT2D eigenvalue weighted by Crippen LogP contribution is -2.45. The molecular weight excluding hydrogens is 296 g/mol. The van der Waals surface area contributed by atoms with Crippen LogP contribution in [0.4, 0.5) is 0 Å². The highest BCUT2D eigenvalue weighted by Gasteiger charge is 2.18. The summed E-state index contributed by atoms with van der Waals surface area (Å²) in [6.07, 6.45) is 0. The van der Waals surface area contributed by atoms with E-state index in [0.717, 1.165) is 0 Å². The summed E-state index contributed by atoms with van der Waals surface area (Å²) in [7, 11) is 1.84. The van der Waals surface area contributed by atoms with Crippen molar-refractivity contribution in [3.8, 4) is 0 Å². The maximum Gasteiger partial charge on any atom is 0.258 e. The standard InChI is InChI=1S/C16H20N4O3/c1-19(11-15(21)20-6-8-23-9-7-20)10-14-17-13-5-3-2-4-12(13)16(22)18-14/h2-5H,6-11H2,1H3,(H,17,18,22). The van der Waals surface area contributed by atoms with E-state index in [1.807, 2.05) is 30.1 Å². The molecule has 2 heterocycles. The number of carbonyl (C=O) groups excluding carboxylic acids is 1. The van der Waals surface area contributed by atoms with Crippen LogP contribution in [0.5, 0.6) is 0 Å². The van der Waals surface area contributed by atoms with E-state index in [4.69, 9.17) is 4.74 Å². The van der Waals surface area contributed by atoms with E-state index in [0.29, 0.717) is 49.6 Å². The van der Waals surface area contributed by atoms with Crippen LogP contribution < -0.4 is 5.56 Å². The number of fused-ring (bicyclic) bond motifs is 1. The van der Waals surface area contributed by atoms with E-state index >= 15 is 0 Å². The lowest BCUT2D eigenvalue weighted by atomic mass is 10.2. The summed E-state index contributed by atoms with van der Waals surface area (Å²) < 4.78 is 5.25. The number of morpholine rings is 1. The van der Waals surface area contributed by atoms with Crippen molar-refractivity contribution in [1.29, 1.82) is 0 Å². The molecular formula is C16H20N4O3. The summed E-state index contributed by atoms with van der Waals surface area (Å²) >= 11 is 0. The molecule has 0 spiro atoms. The zero-order valence-electron chi connectivity index (χ0n) is 13.1. The highest BCUT2D eigenvalue weighted by Crippen LogP contribution is 2.07. The molecule has 1 N–H and O–H groups in total. The summed E-state index contributed by atoms with van der Waals surface area (Å²) in [5.41, 5.74) is 0.512. The molecule has 1 aliphatic rings. The SMILES string of the molecule is CN(CC(=O)N1CCOCC1)Cc1nc2ccccc2c(=O)[nH]1. The van der Waals surface area contributed by atoms with Crippen LogP contribution in [-0.4, -0.2) is 65.6 Å². The van der Waals surface area contributed by atoms with Gasteiger partial charge in [0.2, 0.25) is 5.91 Å². The summed E-state index contributed by atoms with van der Waals surface area (Å²) in [5.74, 6) is 0.630. The molecule has 1 aromatic heterocycles. The Bertz CT molecular complexity index is 752. The van der Waals surface area contributed by atoms with Crippen molar-refractivity contribution in [1.82, 2.24) is 19.8 Å². The molecule has 0 bridgehead atoms. The Morgan fingerprint density at radius 2 is 2.09 bits per heavy atom. The minimum atomic E-state index is -0.154. The van der Waals surface area contributed by atoms with Gasteiger partial charge in [-0.15, -0.1) is 0 Å². The van der Waals surface area contributed by atoms with Gasteiger partial charge in [0, 0.05) is 13.1 Å². The lowest BCUT2D eigenvalue weighted by Gasteiger charge is -2.28. The van der Waals surface area contributed by atoms with Crippen LogP contribution in [0.25, 0.3) is 10.9 Å². The van der Waals surface area contributed by atoms with E-state index in [1.165, 1.54) is 0 Å². The first kappa shape index (κ1) is 15.6. The largest absolute Gasteiger partial charge is 0.378 e. The molecule has 3 rings (SSSR count). The number of nitrogens with zero attached hydrogens (tertiary/aromatic N) is 3. The molecule has 1 saturated heterocycles. The Kier molecular flexibility index (Phi) is 4.68. The quantitative estimate of drug-likeness (QED) is 0.872. The third kappa shape index (κ3) is 3.75. The van der Waals surface area contributed by atoms with Crippen molar-refractivity contribution < 1.29 is 9.53 Å². The van der Waals surface area contributed by atoms with Gasteiger partial charge in [0.05, 0.1) is 37.2 Å².